The van der Waals surface area contributed by atoms with E-state index in [-0.39, 0.29) is 46.8 Å². The third-order valence-corrected chi connectivity index (χ3v) is 8.82. The average Bonchev–Trinajstić information content (AvgIpc) is 2.97. The first-order valence-corrected chi connectivity index (χ1v) is 16.4. The zero-order valence-corrected chi connectivity index (χ0v) is 27.3. The third kappa shape index (κ3) is 7.42. The van der Waals surface area contributed by atoms with Crippen molar-refractivity contribution in [2.75, 3.05) is 17.9 Å². The number of hydrogen-bond donors (Lipinski definition) is 1. The van der Waals surface area contributed by atoms with Crippen molar-refractivity contribution in [1.29, 1.82) is 0 Å². The van der Waals surface area contributed by atoms with Crippen LogP contribution in [-0.4, -0.2) is 53.4 Å². The zero-order valence-electron chi connectivity index (χ0n) is 26.5. The fraction of sp³-hybridized carbons (Fsp3) is 0.353. The molecule has 1 amide bonds. The molecule has 0 aliphatic carbocycles. The van der Waals surface area contributed by atoms with Crippen LogP contribution in [0.3, 0.4) is 0 Å². The second-order valence-corrected chi connectivity index (χ2v) is 14.0. The highest BCUT2D eigenvalue weighted by molar-refractivity contribution is 7.92. The number of pyridine rings is 1. The summed E-state index contributed by atoms with van der Waals surface area (Å²) in [6.45, 7) is 12.8. The Hall–Kier alpha value is -4.51. The van der Waals surface area contributed by atoms with Crippen LogP contribution < -0.4 is 14.2 Å². The third-order valence-electron chi connectivity index (χ3n) is 7.50. The van der Waals surface area contributed by atoms with E-state index in [0.29, 0.717) is 30.2 Å². The number of benzene rings is 2. The molecule has 1 atom stereocenters. The van der Waals surface area contributed by atoms with E-state index in [2.05, 4.69) is 40.4 Å². The molecule has 0 saturated carbocycles. The number of aromatic nitrogens is 3. The highest BCUT2D eigenvalue weighted by Gasteiger charge is 2.32. The molecule has 4 aromatic rings. The fourth-order valence-electron chi connectivity index (χ4n) is 5.54. The van der Waals surface area contributed by atoms with Crippen LogP contribution in [0.25, 0.3) is 11.3 Å². The second kappa shape index (κ2) is 12.8. The molecule has 0 unspecified atom stereocenters. The molecule has 0 radical (unpaired) electrons. The molecular weight excluding hydrogens is 590 g/mol. The molecule has 5 rings (SSSR count). The number of fused-ring (bicyclic) bond motifs is 4. The van der Waals surface area contributed by atoms with Crippen molar-refractivity contribution >= 4 is 21.9 Å². The normalized spacial score (nSPS) is 16.4. The Balaban J connectivity index is 1.68. The summed E-state index contributed by atoms with van der Waals surface area (Å²) in [5, 5.41) is 0. The van der Waals surface area contributed by atoms with E-state index in [9.17, 15) is 13.2 Å². The first-order chi connectivity index (χ1) is 21.3. The van der Waals surface area contributed by atoms with Crippen LogP contribution in [-0.2, 0) is 16.6 Å². The molecular formula is C34H39N5O5S. The molecule has 1 aliphatic heterocycles. The van der Waals surface area contributed by atoms with Crippen molar-refractivity contribution in [3.05, 3.63) is 89.2 Å². The molecule has 4 bridgehead atoms. The fourth-order valence-corrected chi connectivity index (χ4v) is 6.53. The molecule has 0 fully saturated rings. The van der Waals surface area contributed by atoms with E-state index < -0.39 is 16.1 Å². The van der Waals surface area contributed by atoms with Crippen molar-refractivity contribution < 1.29 is 22.7 Å². The maximum Gasteiger partial charge on any atom is 0.264 e. The van der Waals surface area contributed by atoms with Gasteiger partial charge < -0.3 is 14.4 Å². The minimum atomic E-state index is -4.17. The summed E-state index contributed by atoms with van der Waals surface area (Å²) in [4.78, 5) is 29.6. The lowest BCUT2D eigenvalue weighted by Gasteiger charge is -2.35. The van der Waals surface area contributed by atoms with Crippen LogP contribution in [0.1, 0.15) is 61.3 Å². The van der Waals surface area contributed by atoms with Gasteiger partial charge in [-0.15, -0.1) is 0 Å². The van der Waals surface area contributed by atoms with Gasteiger partial charge in [-0.3, -0.25) is 9.78 Å². The number of anilines is 1. The number of carbonyl (C=O) groups excluding carboxylic acids is 1. The summed E-state index contributed by atoms with van der Waals surface area (Å²) in [7, 11) is -4.17. The van der Waals surface area contributed by atoms with Gasteiger partial charge in [0, 0.05) is 23.4 Å². The molecule has 11 heteroatoms. The van der Waals surface area contributed by atoms with Crippen LogP contribution in [0.15, 0.2) is 71.8 Å². The van der Waals surface area contributed by atoms with Gasteiger partial charge in [-0.2, -0.15) is 4.98 Å². The quantitative estimate of drug-likeness (QED) is 0.268. The predicted octanol–water partition coefficient (Wildman–Crippen LogP) is 6.19. The molecule has 0 saturated heterocycles. The Morgan fingerprint density at radius 3 is 2.47 bits per heavy atom. The van der Waals surface area contributed by atoms with Gasteiger partial charge in [0.05, 0.1) is 29.8 Å². The average molecular weight is 630 g/mol. The molecule has 3 heterocycles. The minimum absolute atomic E-state index is 0.0868. The maximum absolute atomic E-state index is 14.4. The number of amides is 1. The van der Waals surface area contributed by atoms with Crippen molar-refractivity contribution in [1.82, 2.24) is 19.9 Å². The molecule has 2 aromatic heterocycles. The van der Waals surface area contributed by atoms with Gasteiger partial charge in [-0.05, 0) is 74.1 Å². The van der Waals surface area contributed by atoms with E-state index in [0.717, 1.165) is 16.7 Å². The number of rotatable bonds is 6. The van der Waals surface area contributed by atoms with E-state index in [4.69, 9.17) is 9.47 Å². The van der Waals surface area contributed by atoms with Crippen LogP contribution in [0, 0.1) is 19.3 Å². The summed E-state index contributed by atoms with van der Waals surface area (Å²) in [5.74, 6) is 0.280. The molecule has 0 spiro atoms. The van der Waals surface area contributed by atoms with Crippen LogP contribution in [0.4, 0.5) is 5.95 Å². The van der Waals surface area contributed by atoms with E-state index in [1.54, 1.807) is 35.4 Å². The van der Waals surface area contributed by atoms with Crippen LogP contribution in [0.5, 0.6) is 11.6 Å². The highest BCUT2D eigenvalue weighted by Crippen LogP contribution is 2.32. The Labute approximate surface area is 264 Å². The second-order valence-electron chi connectivity index (χ2n) is 12.4. The predicted molar refractivity (Wildman–Crippen MR) is 173 cm³/mol. The monoisotopic (exact) mass is 629 g/mol. The summed E-state index contributed by atoms with van der Waals surface area (Å²) in [5.41, 5.74) is 3.94. The summed E-state index contributed by atoms with van der Waals surface area (Å²) in [6, 6.07) is 16.8. The smallest absolute Gasteiger partial charge is 0.264 e. The molecule has 236 valence electrons. The minimum Gasteiger partial charge on any atom is -0.492 e. The summed E-state index contributed by atoms with van der Waals surface area (Å²) < 4.78 is 41.9. The summed E-state index contributed by atoms with van der Waals surface area (Å²) >= 11 is 0. The first kappa shape index (κ1) is 31.9. The standard InChI is InChI=1S/C34H39N5O5S/c1-7-43-29-15-10-16-35-28(29)20-39-25(19-34(4,5)6)21-44-30-18-27(31-22(2)11-8-12-23(31)3)36-33(37-30)38-45(41,42)26-14-9-13-24(17-26)32(39)40/h8-18,25H,7,19-21H2,1-6H3,(H,36,37,38)/t25-/m1/s1. The van der Waals surface area contributed by atoms with Gasteiger partial charge in [0.25, 0.3) is 15.9 Å². The number of hydrogen-bond acceptors (Lipinski definition) is 8. The molecule has 1 N–H and O–H groups in total. The van der Waals surface area contributed by atoms with Gasteiger partial charge in [-0.25, -0.2) is 18.1 Å². The van der Waals surface area contributed by atoms with Crippen LogP contribution in [0.2, 0.25) is 0 Å². The Bertz CT molecular complexity index is 1800. The lowest BCUT2D eigenvalue weighted by Crippen LogP contribution is -2.45. The topological polar surface area (TPSA) is 124 Å². The van der Waals surface area contributed by atoms with Crippen molar-refractivity contribution in [2.24, 2.45) is 5.41 Å². The van der Waals surface area contributed by atoms with Gasteiger partial charge in [0.15, 0.2) is 0 Å². The molecule has 45 heavy (non-hydrogen) atoms. The molecule has 10 nitrogen and oxygen atoms in total. The molecule has 2 aromatic carbocycles. The summed E-state index contributed by atoms with van der Waals surface area (Å²) in [6.07, 6.45) is 2.24. The van der Waals surface area contributed by atoms with Crippen molar-refractivity contribution in [2.45, 2.75) is 65.4 Å². The Morgan fingerprint density at radius 2 is 1.76 bits per heavy atom. The maximum atomic E-state index is 14.4. The first-order valence-electron chi connectivity index (χ1n) is 14.9. The van der Waals surface area contributed by atoms with Gasteiger partial charge >= 0.3 is 0 Å². The lowest BCUT2D eigenvalue weighted by molar-refractivity contribution is 0.0506. The Morgan fingerprint density at radius 1 is 1.02 bits per heavy atom. The van der Waals surface area contributed by atoms with Gasteiger partial charge in [0.2, 0.25) is 11.8 Å². The van der Waals surface area contributed by atoms with Crippen molar-refractivity contribution in [3.63, 3.8) is 0 Å². The molecule has 1 aliphatic rings. The zero-order chi connectivity index (χ0) is 32.4. The lowest BCUT2D eigenvalue weighted by atomic mass is 9.87. The largest absolute Gasteiger partial charge is 0.492 e. The highest BCUT2D eigenvalue weighted by atomic mass is 32.2. The number of ether oxygens (including phenoxy) is 2. The number of nitrogens with zero attached hydrogens (tertiary/aromatic N) is 4. The van der Waals surface area contributed by atoms with Crippen LogP contribution >= 0.6 is 0 Å². The van der Waals surface area contributed by atoms with Gasteiger partial charge in [-0.1, -0.05) is 45.0 Å². The van der Waals surface area contributed by atoms with Gasteiger partial charge in [0.1, 0.15) is 18.1 Å². The number of carbonyl (C=O) groups is 1. The van der Waals surface area contributed by atoms with E-state index in [1.165, 1.54) is 12.1 Å². The van der Waals surface area contributed by atoms with Crippen molar-refractivity contribution in [3.8, 4) is 22.9 Å². The Kier molecular flexibility index (Phi) is 9.11. The SMILES string of the molecule is CCOc1cccnc1CN1C(=O)c2cccc(c2)S(=O)(=O)Nc2nc(cc(-c3c(C)cccc3C)n2)OC[C@H]1CC(C)(C)C. The number of nitrogens with one attached hydrogen (secondary N) is 1. The van der Waals surface area contributed by atoms with E-state index >= 15 is 0 Å². The number of aryl methyl sites for hydroxylation is 2. The number of sulfonamides is 1. The van der Waals surface area contributed by atoms with E-state index in [1.807, 2.05) is 45.0 Å².